The van der Waals surface area contributed by atoms with Gasteiger partial charge in [0.15, 0.2) is 0 Å². The molecule has 4 bridgehead atoms. The minimum atomic E-state index is -0.166. The van der Waals surface area contributed by atoms with Gasteiger partial charge in [0, 0.05) is 6.61 Å². The fourth-order valence-corrected chi connectivity index (χ4v) is 5.41. The van der Waals surface area contributed by atoms with E-state index < -0.39 is 0 Å². The molecule has 0 aromatic heterocycles. The lowest BCUT2D eigenvalue weighted by Crippen LogP contribution is -2.49. The summed E-state index contributed by atoms with van der Waals surface area (Å²) in [5.41, 5.74) is 0. The molecule has 102 valence electrons. The molecule has 0 aromatic carbocycles. The minimum Gasteiger partial charge on any atom is -0.381 e. The molecule has 3 heteroatoms. The van der Waals surface area contributed by atoms with Gasteiger partial charge < -0.3 is 4.74 Å². The second-order valence-corrected chi connectivity index (χ2v) is 6.95. The van der Waals surface area contributed by atoms with E-state index in [1.54, 1.807) is 0 Å². The van der Waals surface area contributed by atoms with E-state index in [4.69, 9.17) is 16.3 Å². The topological polar surface area (TPSA) is 26.3 Å². The Kier molecular flexibility index (Phi) is 3.68. The summed E-state index contributed by atoms with van der Waals surface area (Å²) >= 11 is 5.85. The predicted molar refractivity (Wildman–Crippen MR) is 71.4 cm³/mol. The maximum absolute atomic E-state index is 11.8. The zero-order chi connectivity index (χ0) is 12.7. The summed E-state index contributed by atoms with van der Waals surface area (Å²) in [6.07, 6.45) is 6.80. The normalized spacial score (nSPS) is 43.1. The van der Waals surface area contributed by atoms with E-state index >= 15 is 0 Å². The second kappa shape index (κ2) is 5.13. The van der Waals surface area contributed by atoms with Gasteiger partial charge in [0.05, 0.1) is 12.5 Å². The van der Waals surface area contributed by atoms with E-state index in [0.717, 1.165) is 23.7 Å². The van der Waals surface area contributed by atoms with Gasteiger partial charge in [-0.15, -0.1) is 0 Å². The Labute approximate surface area is 114 Å². The Morgan fingerprint density at radius 1 is 1.17 bits per heavy atom. The van der Waals surface area contributed by atoms with E-state index in [1.807, 2.05) is 6.92 Å². The third-order valence-electron chi connectivity index (χ3n) is 5.56. The molecule has 0 aromatic rings. The van der Waals surface area contributed by atoms with Gasteiger partial charge in [0.2, 0.25) is 5.24 Å². The smallest absolute Gasteiger partial charge is 0.227 e. The SMILES string of the molecule is CCOCC(C(=O)Cl)C1C2CC3CC(C2)CC1C3. The standard InChI is InChI=1S/C15H23ClO2/c1-2-18-8-13(15(16)17)14-11-4-9-3-10(6-11)7-12(14)5-9/h9-14H,2-8H2,1H3. The van der Waals surface area contributed by atoms with Crippen molar-refractivity contribution in [3.8, 4) is 0 Å². The highest BCUT2D eigenvalue weighted by Gasteiger charge is 2.51. The summed E-state index contributed by atoms with van der Waals surface area (Å²) in [6, 6.07) is 0. The molecular weight excluding hydrogens is 248 g/mol. The van der Waals surface area contributed by atoms with Crippen LogP contribution in [-0.4, -0.2) is 18.5 Å². The van der Waals surface area contributed by atoms with Crippen LogP contribution < -0.4 is 0 Å². The minimum absolute atomic E-state index is 0.0541. The molecule has 0 spiro atoms. The fourth-order valence-electron chi connectivity index (χ4n) is 5.20. The van der Waals surface area contributed by atoms with Gasteiger partial charge in [-0.3, -0.25) is 4.79 Å². The first-order valence-electron chi connectivity index (χ1n) is 7.46. The van der Waals surface area contributed by atoms with E-state index in [9.17, 15) is 4.79 Å². The maximum atomic E-state index is 11.8. The molecular formula is C15H23ClO2. The van der Waals surface area contributed by atoms with E-state index in [2.05, 4.69) is 0 Å². The quantitative estimate of drug-likeness (QED) is 0.715. The Morgan fingerprint density at radius 3 is 2.17 bits per heavy atom. The third kappa shape index (κ3) is 2.22. The molecule has 4 saturated carbocycles. The van der Waals surface area contributed by atoms with Gasteiger partial charge in [-0.1, -0.05) is 0 Å². The molecule has 0 amide bonds. The predicted octanol–water partition coefficient (Wildman–Crippen LogP) is 3.48. The Bertz CT molecular complexity index is 300. The lowest BCUT2D eigenvalue weighted by molar-refractivity contribution is -0.129. The molecule has 4 fully saturated rings. The molecule has 0 aliphatic heterocycles. The number of hydrogen-bond donors (Lipinski definition) is 0. The van der Waals surface area contributed by atoms with E-state index in [-0.39, 0.29) is 11.2 Å². The molecule has 0 heterocycles. The van der Waals surface area contributed by atoms with Gasteiger partial charge >= 0.3 is 0 Å². The number of carbonyl (C=O) groups is 1. The van der Waals surface area contributed by atoms with Crippen LogP contribution in [-0.2, 0) is 9.53 Å². The third-order valence-corrected chi connectivity index (χ3v) is 5.84. The Balaban J connectivity index is 1.75. The molecule has 0 N–H and O–H groups in total. The van der Waals surface area contributed by atoms with Gasteiger partial charge in [-0.2, -0.15) is 0 Å². The highest BCUT2D eigenvalue weighted by Crippen LogP contribution is 2.58. The van der Waals surface area contributed by atoms with E-state index in [1.165, 1.54) is 32.1 Å². The summed E-state index contributed by atoms with van der Waals surface area (Å²) in [7, 11) is 0. The number of carbonyl (C=O) groups excluding carboxylic acids is 1. The van der Waals surface area contributed by atoms with Crippen LogP contribution >= 0.6 is 11.6 Å². The zero-order valence-electron chi connectivity index (χ0n) is 11.1. The Morgan fingerprint density at radius 2 is 1.72 bits per heavy atom. The monoisotopic (exact) mass is 270 g/mol. The van der Waals surface area contributed by atoms with Crippen LogP contribution in [0, 0.1) is 35.5 Å². The molecule has 1 unspecified atom stereocenters. The lowest BCUT2D eigenvalue weighted by Gasteiger charge is -2.56. The summed E-state index contributed by atoms with van der Waals surface area (Å²) in [6.45, 7) is 3.19. The molecule has 0 radical (unpaired) electrons. The van der Waals surface area contributed by atoms with Crippen molar-refractivity contribution in [3.63, 3.8) is 0 Å². The van der Waals surface area contributed by atoms with Gasteiger partial charge in [-0.25, -0.2) is 0 Å². The first kappa shape index (κ1) is 12.9. The van der Waals surface area contributed by atoms with Crippen molar-refractivity contribution in [1.82, 2.24) is 0 Å². The van der Waals surface area contributed by atoms with Crippen LogP contribution in [0.15, 0.2) is 0 Å². The van der Waals surface area contributed by atoms with Crippen molar-refractivity contribution < 1.29 is 9.53 Å². The van der Waals surface area contributed by atoms with Crippen LogP contribution in [0.1, 0.15) is 39.0 Å². The number of hydrogen-bond acceptors (Lipinski definition) is 2. The Hall–Kier alpha value is -0.0800. The maximum Gasteiger partial charge on any atom is 0.227 e. The van der Waals surface area contributed by atoms with Gasteiger partial charge in [0.25, 0.3) is 0 Å². The van der Waals surface area contributed by atoms with Crippen LogP contribution in [0.5, 0.6) is 0 Å². The fraction of sp³-hybridized carbons (Fsp3) is 0.933. The van der Waals surface area contributed by atoms with Crippen molar-refractivity contribution in [2.24, 2.45) is 35.5 Å². The summed E-state index contributed by atoms with van der Waals surface area (Å²) in [5.74, 6) is 3.84. The average molecular weight is 271 g/mol. The van der Waals surface area contributed by atoms with Gasteiger partial charge in [-0.05, 0) is 80.2 Å². The second-order valence-electron chi connectivity index (χ2n) is 6.58. The van der Waals surface area contributed by atoms with E-state index in [0.29, 0.717) is 19.1 Å². The number of ether oxygens (including phenoxy) is 1. The zero-order valence-corrected chi connectivity index (χ0v) is 11.9. The van der Waals surface area contributed by atoms with Crippen molar-refractivity contribution in [2.75, 3.05) is 13.2 Å². The molecule has 1 atom stereocenters. The largest absolute Gasteiger partial charge is 0.381 e. The van der Waals surface area contributed by atoms with Crippen molar-refractivity contribution in [1.29, 1.82) is 0 Å². The first-order chi connectivity index (χ1) is 8.69. The summed E-state index contributed by atoms with van der Waals surface area (Å²) < 4.78 is 5.51. The van der Waals surface area contributed by atoms with Crippen LogP contribution in [0.2, 0.25) is 0 Å². The average Bonchev–Trinajstić information content (AvgIpc) is 2.31. The van der Waals surface area contributed by atoms with Crippen molar-refractivity contribution in [3.05, 3.63) is 0 Å². The molecule has 18 heavy (non-hydrogen) atoms. The lowest BCUT2D eigenvalue weighted by atomic mass is 9.50. The highest BCUT2D eigenvalue weighted by atomic mass is 35.5. The number of rotatable bonds is 5. The number of halogens is 1. The molecule has 4 aliphatic carbocycles. The van der Waals surface area contributed by atoms with Gasteiger partial charge in [0.1, 0.15) is 0 Å². The van der Waals surface area contributed by atoms with Crippen LogP contribution in [0.25, 0.3) is 0 Å². The summed E-state index contributed by atoms with van der Waals surface area (Å²) in [4.78, 5) is 11.8. The summed E-state index contributed by atoms with van der Waals surface area (Å²) in [5, 5.41) is -0.166. The van der Waals surface area contributed by atoms with Crippen molar-refractivity contribution >= 4 is 16.8 Å². The molecule has 4 rings (SSSR count). The molecule has 0 saturated heterocycles. The van der Waals surface area contributed by atoms with Crippen LogP contribution in [0.3, 0.4) is 0 Å². The van der Waals surface area contributed by atoms with Crippen LogP contribution in [0.4, 0.5) is 0 Å². The van der Waals surface area contributed by atoms with Crippen molar-refractivity contribution in [2.45, 2.75) is 39.0 Å². The molecule has 4 aliphatic rings. The highest BCUT2D eigenvalue weighted by molar-refractivity contribution is 6.64. The molecule has 2 nitrogen and oxygen atoms in total. The first-order valence-corrected chi connectivity index (χ1v) is 7.83.